The van der Waals surface area contributed by atoms with E-state index in [1.54, 1.807) is 12.1 Å². The zero-order chi connectivity index (χ0) is 18.6. The summed E-state index contributed by atoms with van der Waals surface area (Å²) in [5.41, 5.74) is 1.84. The Hall–Kier alpha value is -3.05. The predicted octanol–water partition coefficient (Wildman–Crippen LogP) is 4.32. The van der Waals surface area contributed by atoms with Gasteiger partial charge in [0, 0.05) is 0 Å². The molecule has 0 spiro atoms. The monoisotopic (exact) mass is 366 g/mol. The Morgan fingerprint density at radius 2 is 1.38 bits per heavy atom. The quantitative estimate of drug-likeness (QED) is 0.706. The molecule has 0 saturated heterocycles. The van der Waals surface area contributed by atoms with Gasteiger partial charge in [0.05, 0.1) is 9.79 Å². The molecule has 0 heterocycles. The van der Waals surface area contributed by atoms with Crippen LogP contribution in [0.3, 0.4) is 0 Å². The van der Waals surface area contributed by atoms with Crippen molar-refractivity contribution in [3.63, 3.8) is 0 Å². The molecule has 0 amide bonds. The molecule has 132 valence electrons. The first-order valence-corrected chi connectivity index (χ1v) is 9.45. The topological polar surface area (TPSA) is 63.6 Å². The number of sulfone groups is 1. The van der Waals surface area contributed by atoms with Crippen molar-refractivity contribution in [2.24, 2.45) is 0 Å². The highest BCUT2D eigenvalue weighted by molar-refractivity contribution is 7.91. The molecule has 0 radical (unpaired) electrons. The van der Waals surface area contributed by atoms with Gasteiger partial charge in [-0.3, -0.25) is 0 Å². The first-order chi connectivity index (χ1) is 12.5. The van der Waals surface area contributed by atoms with E-state index in [0.717, 1.165) is 11.1 Å². The molecular formula is C21H18O4S. The summed E-state index contributed by atoms with van der Waals surface area (Å²) in [6, 6.07) is 21.4. The van der Waals surface area contributed by atoms with Gasteiger partial charge in [-0.25, -0.2) is 8.42 Å². The average Bonchev–Trinajstić information content (AvgIpc) is 2.67. The average molecular weight is 366 g/mol. The van der Waals surface area contributed by atoms with Gasteiger partial charge in [0.15, 0.2) is 0 Å². The molecular weight excluding hydrogens is 348 g/mol. The molecule has 0 aliphatic rings. The second-order valence-electron chi connectivity index (χ2n) is 5.73. The van der Waals surface area contributed by atoms with Crippen molar-refractivity contribution in [1.82, 2.24) is 0 Å². The fraction of sp³-hybridized carbons (Fsp3) is 0.0476. The van der Waals surface area contributed by atoms with Crippen LogP contribution in [-0.2, 0) is 9.84 Å². The van der Waals surface area contributed by atoms with Gasteiger partial charge in [0.25, 0.3) is 0 Å². The van der Waals surface area contributed by atoms with Crippen molar-refractivity contribution >= 4 is 15.4 Å². The van der Waals surface area contributed by atoms with Gasteiger partial charge in [-0.05, 0) is 59.7 Å². The van der Waals surface area contributed by atoms with Crippen LogP contribution in [0.25, 0.3) is 5.57 Å². The van der Waals surface area contributed by atoms with Crippen LogP contribution in [0.1, 0.15) is 5.56 Å². The number of ether oxygens (including phenoxy) is 1. The van der Waals surface area contributed by atoms with Crippen LogP contribution in [0.2, 0.25) is 0 Å². The van der Waals surface area contributed by atoms with Crippen LogP contribution in [0.5, 0.6) is 11.5 Å². The van der Waals surface area contributed by atoms with E-state index in [9.17, 15) is 13.5 Å². The van der Waals surface area contributed by atoms with Crippen LogP contribution in [0.4, 0.5) is 0 Å². The molecule has 1 N–H and O–H groups in total. The van der Waals surface area contributed by atoms with Crippen molar-refractivity contribution in [1.29, 1.82) is 0 Å². The number of rotatable bonds is 6. The molecule has 3 rings (SSSR count). The van der Waals surface area contributed by atoms with Gasteiger partial charge >= 0.3 is 0 Å². The highest BCUT2D eigenvalue weighted by Crippen LogP contribution is 2.25. The predicted molar refractivity (Wildman–Crippen MR) is 101 cm³/mol. The van der Waals surface area contributed by atoms with Crippen LogP contribution in [-0.4, -0.2) is 20.1 Å². The lowest BCUT2D eigenvalue weighted by atomic mass is 10.1. The standard InChI is InChI=1S/C21H18O4S/c1-16(17-5-3-2-4-6-17)15-25-19-9-13-21(14-10-19)26(23,24)20-11-7-18(22)8-12-20/h2-14,22H,1,15H2. The third-order valence-corrected chi connectivity index (χ3v) is 5.66. The van der Waals surface area contributed by atoms with Gasteiger partial charge in [-0.15, -0.1) is 0 Å². The fourth-order valence-corrected chi connectivity index (χ4v) is 3.66. The highest BCUT2D eigenvalue weighted by atomic mass is 32.2. The number of benzene rings is 3. The number of phenolic OH excluding ortho intramolecular Hbond substituents is 1. The molecule has 0 saturated carbocycles. The molecule has 4 nitrogen and oxygen atoms in total. The van der Waals surface area contributed by atoms with Crippen LogP contribution in [0.15, 0.2) is 95.2 Å². The van der Waals surface area contributed by atoms with E-state index in [1.165, 1.54) is 36.4 Å². The van der Waals surface area contributed by atoms with Crippen molar-refractivity contribution in [3.05, 3.63) is 91.0 Å². The second kappa shape index (κ2) is 7.45. The summed E-state index contributed by atoms with van der Waals surface area (Å²) in [5.74, 6) is 0.582. The van der Waals surface area contributed by atoms with Crippen molar-refractivity contribution in [2.45, 2.75) is 9.79 Å². The smallest absolute Gasteiger partial charge is 0.206 e. The summed E-state index contributed by atoms with van der Waals surface area (Å²) >= 11 is 0. The third-order valence-electron chi connectivity index (χ3n) is 3.88. The Balaban J connectivity index is 1.70. The molecule has 0 aliphatic carbocycles. The van der Waals surface area contributed by atoms with Crippen molar-refractivity contribution < 1.29 is 18.3 Å². The molecule has 0 atom stereocenters. The Kier molecular flexibility index (Phi) is 5.09. The zero-order valence-corrected chi connectivity index (χ0v) is 14.8. The first kappa shape index (κ1) is 17.8. The number of hydrogen-bond donors (Lipinski definition) is 1. The van der Waals surface area contributed by atoms with Crippen molar-refractivity contribution in [3.8, 4) is 11.5 Å². The minimum atomic E-state index is -3.63. The van der Waals surface area contributed by atoms with Gasteiger partial charge in [-0.1, -0.05) is 36.9 Å². The molecule has 0 fully saturated rings. The van der Waals surface area contributed by atoms with Crippen molar-refractivity contribution in [2.75, 3.05) is 6.61 Å². The van der Waals surface area contributed by atoms with Crippen LogP contribution >= 0.6 is 0 Å². The van der Waals surface area contributed by atoms with E-state index in [-0.39, 0.29) is 15.5 Å². The SMILES string of the molecule is C=C(COc1ccc(S(=O)(=O)c2ccc(O)cc2)cc1)c1ccccc1. The van der Waals surface area contributed by atoms with E-state index >= 15 is 0 Å². The van der Waals surface area contributed by atoms with Gasteiger partial charge in [0.2, 0.25) is 9.84 Å². The maximum absolute atomic E-state index is 12.6. The van der Waals surface area contributed by atoms with Gasteiger partial charge in [0.1, 0.15) is 18.1 Å². The molecule has 0 aromatic heterocycles. The van der Waals surface area contributed by atoms with E-state index in [1.807, 2.05) is 30.3 Å². The Labute approximate surface area is 152 Å². The lowest BCUT2D eigenvalue weighted by Gasteiger charge is -2.10. The molecule has 3 aromatic carbocycles. The molecule has 0 aliphatic heterocycles. The third kappa shape index (κ3) is 3.95. The Morgan fingerprint density at radius 1 is 0.846 bits per heavy atom. The Morgan fingerprint density at radius 3 is 1.96 bits per heavy atom. The highest BCUT2D eigenvalue weighted by Gasteiger charge is 2.17. The fourth-order valence-electron chi connectivity index (χ4n) is 2.40. The Bertz CT molecular complexity index is 990. The van der Waals surface area contributed by atoms with Gasteiger partial charge < -0.3 is 9.84 Å². The van der Waals surface area contributed by atoms with E-state index < -0.39 is 9.84 Å². The van der Waals surface area contributed by atoms with Crippen LogP contribution in [0, 0.1) is 0 Å². The summed E-state index contributed by atoms with van der Waals surface area (Å²) in [5, 5.41) is 9.30. The summed E-state index contributed by atoms with van der Waals surface area (Å²) in [6.45, 7) is 4.32. The first-order valence-electron chi connectivity index (χ1n) is 7.97. The van der Waals surface area contributed by atoms with Crippen LogP contribution < -0.4 is 4.74 Å². The van der Waals surface area contributed by atoms with E-state index in [2.05, 4.69) is 6.58 Å². The van der Waals surface area contributed by atoms with E-state index in [4.69, 9.17) is 4.74 Å². The lowest BCUT2D eigenvalue weighted by molar-refractivity contribution is 0.370. The molecule has 3 aromatic rings. The zero-order valence-electron chi connectivity index (χ0n) is 14.0. The maximum Gasteiger partial charge on any atom is 0.206 e. The van der Waals surface area contributed by atoms with E-state index in [0.29, 0.717) is 12.4 Å². The summed E-state index contributed by atoms with van der Waals surface area (Å²) in [4.78, 5) is 0.291. The molecule has 5 heteroatoms. The summed E-state index contributed by atoms with van der Waals surface area (Å²) < 4.78 is 30.8. The lowest BCUT2D eigenvalue weighted by Crippen LogP contribution is -2.03. The maximum atomic E-state index is 12.6. The number of aromatic hydroxyl groups is 1. The largest absolute Gasteiger partial charge is 0.508 e. The normalized spacial score (nSPS) is 11.1. The minimum Gasteiger partial charge on any atom is -0.508 e. The molecule has 0 unspecified atom stereocenters. The summed E-state index contributed by atoms with van der Waals surface area (Å²) in [7, 11) is -3.63. The number of phenols is 1. The van der Waals surface area contributed by atoms with Gasteiger partial charge in [-0.2, -0.15) is 0 Å². The summed E-state index contributed by atoms with van der Waals surface area (Å²) in [6.07, 6.45) is 0. The minimum absolute atomic E-state index is 0.0198. The molecule has 26 heavy (non-hydrogen) atoms. The second-order valence-corrected chi connectivity index (χ2v) is 7.68. The number of hydrogen-bond acceptors (Lipinski definition) is 4. The molecule has 0 bridgehead atoms.